The van der Waals surface area contributed by atoms with Crippen LogP contribution in [0, 0.1) is 11.3 Å². The van der Waals surface area contributed by atoms with E-state index in [1.165, 1.54) is 37.7 Å². The number of anilines is 1. The molecule has 1 saturated heterocycles. The molecule has 30 heavy (non-hydrogen) atoms. The minimum absolute atomic E-state index is 0.503. The van der Waals surface area contributed by atoms with Gasteiger partial charge in [-0.05, 0) is 62.7 Å². The van der Waals surface area contributed by atoms with Gasteiger partial charge in [0.2, 0.25) is 5.95 Å². The van der Waals surface area contributed by atoms with Crippen molar-refractivity contribution < 1.29 is 0 Å². The predicted molar refractivity (Wildman–Crippen MR) is 124 cm³/mol. The van der Waals surface area contributed by atoms with Crippen molar-refractivity contribution >= 4 is 40.6 Å². The van der Waals surface area contributed by atoms with Crippen LogP contribution in [0.4, 0.5) is 5.95 Å². The summed E-state index contributed by atoms with van der Waals surface area (Å²) in [4.78, 5) is 11.4. The zero-order valence-corrected chi connectivity index (χ0v) is 18.1. The second-order valence-corrected chi connectivity index (χ2v) is 8.51. The molecule has 3 heterocycles. The third kappa shape index (κ3) is 5.14. The van der Waals surface area contributed by atoms with Gasteiger partial charge < -0.3 is 15.5 Å². The highest BCUT2D eigenvalue weighted by Gasteiger charge is 2.19. The highest BCUT2D eigenvalue weighted by molar-refractivity contribution is 8.06. The summed E-state index contributed by atoms with van der Waals surface area (Å²) in [5.41, 5.74) is 3.06. The Bertz CT molecular complexity index is 989. The van der Waals surface area contributed by atoms with E-state index >= 15 is 0 Å². The van der Waals surface area contributed by atoms with Crippen molar-refractivity contribution in [3.05, 3.63) is 63.2 Å². The number of allylic oxidation sites excluding steroid dienone is 1. The lowest BCUT2D eigenvalue weighted by Gasteiger charge is -2.14. The van der Waals surface area contributed by atoms with Gasteiger partial charge in [-0.15, -0.1) is 0 Å². The van der Waals surface area contributed by atoms with Crippen molar-refractivity contribution in [1.29, 1.82) is 5.26 Å². The van der Waals surface area contributed by atoms with Crippen molar-refractivity contribution in [3.8, 4) is 6.07 Å². The number of rotatable bonds is 7. The molecule has 8 heteroatoms. The van der Waals surface area contributed by atoms with Crippen LogP contribution >= 0.6 is 23.4 Å². The van der Waals surface area contributed by atoms with Gasteiger partial charge in [0.05, 0.1) is 16.4 Å². The number of thioether (sulfide) groups is 1. The van der Waals surface area contributed by atoms with Crippen LogP contribution in [0.1, 0.15) is 30.5 Å². The number of nitrogens with zero attached hydrogens (tertiary/aromatic N) is 4. The molecule has 154 valence electrons. The van der Waals surface area contributed by atoms with Crippen LogP contribution in [0.5, 0.6) is 0 Å². The largest absolute Gasteiger partial charge is 0.354 e. The summed E-state index contributed by atoms with van der Waals surface area (Å²) in [5.74, 6) is 0.552. The molecular formula is C22H23ClN6S. The van der Waals surface area contributed by atoms with Gasteiger partial charge in [0, 0.05) is 23.2 Å². The molecular weight excluding hydrogens is 416 g/mol. The molecule has 1 aromatic carbocycles. The van der Waals surface area contributed by atoms with E-state index in [1.807, 2.05) is 29.7 Å². The number of nitriles is 1. The van der Waals surface area contributed by atoms with Crippen molar-refractivity contribution in [3.63, 3.8) is 0 Å². The molecule has 2 N–H and O–H groups in total. The fourth-order valence-electron chi connectivity index (χ4n) is 3.51. The smallest absolute Gasteiger partial charge is 0.223 e. The normalized spacial score (nSPS) is 17.9. The summed E-state index contributed by atoms with van der Waals surface area (Å²) in [5, 5.41) is 19.8. The third-order valence-electron chi connectivity index (χ3n) is 5.08. The minimum atomic E-state index is 0.503. The maximum atomic E-state index is 9.77. The number of likely N-dealkylation sites (tertiary alicyclic amines) is 1. The molecule has 6 nitrogen and oxygen atoms in total. The summed E-state index contributed by atoms with van der Waals surface area (Å²) >= 11 is 7.46. The highest BCUT2D eigenvalue weighted by atomic mass is 35.5. The number of hydrogen-bond acceptors (Lipinski definition) is 7. The van der Waals surface area contributed by atoms with E-state index in [2.05, 4.69) is 31.6 Å². The molecule has 0 saturated carbocycles. The van der Waals surface area contributed by atoms with Crippen LogP contribution in [-0.4, -0.2) is 41.0 Å². The van der Waals surface area contributed by atoms with E-state index < -0.39 is 0 Å². The zero-order valence-electron chi connectivity index (χ0n) is 16.6. The molecule has 0 aliphatic carbocycles. The molecule has 0 amide bonds. The molecule has 2 aliphatic rings. The van der Waals surface area contributed by atoms with E-state index in [0.717, 1.165) is 35.8 Å². The van der Waals surface area contributed by atoms with E-state index in [9.17, 15) is 5.26 Å². The molecule has 0 spiro atoms. The maximum Gasteiger partial charge on any atom is 0.223 e. The fraction of sp³-hybridized carbons (Fsp3) is 0.318. The van der Waals surface area contributed by atoms with Crippen LogP contribution in [0.25, 0.3) is 11.3 Å². The molecule has 4 rings (SSSR count). The summed E-state index contributed by atoms with van der Waals surface area (Å²) in [7, 11) is 0. The van der Waals surface area contributed by atoms with Gasteiger partial charge in [-0.25, -0.2) is 9.97 Å². The first-order valence-corrected chi connectivity index (χ1v) is 11.3. The number of halogens is 1. The van der Waals surface area contributed by atoms with Crippen LogP contribution in [0.15, 0.2) is 47.0 Å². The van der Waals surface area contributed by atoms with Gasteiger partial charge in [-0.1, -0.05) is 35.5 Å². The van der Waals surface area contributed by atoms with Crippen LogP contribution in [0.2, 0.25) is 5.02 Å². The first kappa shape index (κ1) is 20.7. The summed E-state index contributed by atoms with van der Waals surface area (Å²) in [6.45, 7) is 4.33. The summed E-state index contributed by atoms with van der Waals surface area (Å²) < 4.78 is 0. The molecule has 2 aliphatic heterocycles. The first-order chi connectivity index (χ1) is 14.7. The number of benzene rings is 1. The Morgan fingerprint density at radius 2 is 2.03 bits per heavy atom. The van der Waals surface area contributed by atoms with Crippen molar-refractivity contribution in [2.75, 3.05) is 31.5 Å². The maximum absolute atomic E-state index is 9.77. The first-order valence-electron chi connectivity index (χ1n) is 10.1. The Labute approximate surface area is 186 Å². The second kappa shape index (κ2) is 9.98. The molecule has 1 fully saturated rings. The molecule has 0 bridgehead atoms. The van der Waals surface area contributed by atoms with E-state index in [0.29, 0.717) is 22.2 Å². The van der Waals surface area contributed by atoms with Crippen LogP contribution < -0.4 is 10.6 Å². The van der Waals surface area contributed by atoms with Gasteiger partial charge in [0.1, 0.15) is 11.6 Å². The van der Waals surface area contributed by atoms with Crippen molar-refractivity contribution in [2.45, 2.75) is 19.3 Å². The second-order valence-electron chi connectivity index (χ2n) is 7.19. The lowest BCUT2D eigenvalue weighted by molar-refractivity contribution is 0.337. The van der Waals surface area contributed by atoms with Gasteiger partial charge in [-0.3, -0.25) is 0 Å². The van der Waals surface area contributed by atoms with Crippen LogP contribution in [0.3, 0.4) is 0 Å². The third-order valence-corrected chi connectivity index (χ3v) is 6.23. The van der Waals surface area contributed by atoms with E-state index in [1.54, 1.807) is 12.3 Å². The Balaban J connectivity index is 1.40. The SMILES string of the molecule is N#C/C(=C1/NC(c2ccc(Cl)cc2)=CS1)c1ccnc(NCCCN2CCCC2)n1. The van der Waals surface area contributed by atoms with Gasteiger partial charge in [0.15, 0.2) is 0 Å². The number of hydrogen-bond donors (Lipinski definition) is 2. The average Bonchev–Trinajstić information content (AvgIpc) is 3.45. The fourth-order valence-corrected chi connectivity index (χ4v) is 4.50. The standard InChI is InChI=1S/C22H23ClN6S/c23-17-6-4-16(5-7-17)20-15-30-21(27-20)18(14-24)19-8-10-26-22(28-19)25-9-3-13-29-11-1-2-12-29/h4-8,10,15,27H,1-3,9,11-13H2,(H,25,26,28)/b21-18+. The predicted octanol–water partition coefficient (Wildman–Crippen LogP) is 4.55. The molecule has 1 aromatic heterocycles. The lowest BCUT2D eigenvalue weighted by atomic mass is 10.1. The van der Waals surface area contributed by atoms with Crippen molar-refractivity contribution in [1.82, 2.24) is 20.2 Å². The zero-order chi connectivity index (χ0) is 20.8. The summed E-state index contributed by atoms with van der Waals surface area (Å²) in [6, 6.07) is 11.7. The van der Waals surface area contributed by atoms with Gasteiger partial charge in [0.25, 0.3) is 0 Å². The Kier molecular flexibility index (Phi) is 6.90. The molecule has 0 atom stereocenters. The Morgan fingerprint density at radius 3 is 2.80 bits per heavy atom. The highest BCUT2D eigenvalue weighted by Crippen LogP contribution is 2.34. The van der Waals surface area contributed by atoms with Gasteiger partial charge >= 0.3 is 0 Å². The molecule has 0 unspecified atom stereocenters. The minimum Gasteiger partial charge on any atom is -0.354 e. The topological polar surface area (TPSA) is 76.9 Å². The Hall–Kier alpha value is -2.53. The average molecular weight is 439 g/mol. The quantitative estimate of drug-likeness (QED) is 0.484. The summed E-state index contributed by atoms with van der Waals surface area (Å²) in [6.07, 6.45) is 5.36. The number of aromatic nitrogens is 2. The number of nitrogens with one attached hydrogen (secondary N) is 2. The van der Waals surface area contributed by atoms with Crippen LogP contribution in [-0.2, 0) is 0 Å². The lowest BCUT2D eigenvalue weighted by Crippen LogP contribution is -2.22. The van der Waals surface area contributed by atoms with E-state index in [-0.39, 0.29) is 0 Å². The Morgan fingerprint density at radius 1 is 1.23 bits per heavy atom. The monoisotopic (exact) mass is 438 g/mol. The van der Waals surface area contributed by atoms with E-state index in [4.69, 9.17) is 11.6 Å². The van der Waals surface area contributed by atoms with Crippen molar-refractivity contribution in [2.24, 2.45) is 0 Å². The molecule has 2 aromatic rings. The van der Waals surface area contributed by atoms with Gasteiger partial charge in [-0.2, -0.15) is 5.26 Å². The molecule has 0 radical (unpaired) electrons.